The van der Waals surface area contributed by atoms with Crippen LogP contribution in [0.4, 0.5) is 0 Å². The van der Waals surface area contributed by atoms with E-state index in [4.69, 9.17) is 0 Å². The van der Waals surface area contributed by atoms with Gasteiger partial charge in [-0.1, -0.05) is 66.7 Å². The molecular weight excluding hydrogens is 340 g/mol. The predicted molar refractivity (Wildman–Crippen MR) is 108 cm³/mol. The number of thioether (sulfide) groups is 1. The van der Waals surface area contributed by atoms with Crippen molar-refractivity contribution in [3.05, 3.63) is 60.7 Å². The average molecular weight is 365 g/mol. The van der Waals surface area contributed by atoms with E-state index in [1.165, 1.54) is 32.4 Å². The van der Waals surface area contributed by atoms with Crippen LogP contribution in [-0.2, 0) is 0 Å². The van der Waals surface area contributed by atoms with E-state index in [1.54, 1.807) is 11.8 Å². The summed E-state index contributed by atoms with van der Waals surface area (Å²) >= 11 is 1.80. The molecule has 0 amide bonds. The highest BCUT2D eigenvalue weighted by Gasteiger charge is 2.16. The molecule has 2 heterocycles. The molecule has 1 fully saturated rings. The van der Waals surface area contributed by atoms with Crippen LogP contribution in [0.15, 0.2) is 65.8 Å². The van der Waals surface area contributed by atoms with Gasteiger partial charge in [0.15, 0.2) is 11.0 Å². The molecule has 134 valence electrons. The van der Waals surface area contributed by atoms with E-state index in [-0.39, 0.29) is 0 Å². The van der Waals surface area contributed by atoms with Gasteiger partial charge in [0.1, 0.15) is 0 Å². The fourth-order valence-corrected chi connectivity index (χ4v) is 4.35. The van der Waals surface area contributed by atoms with E-state index in [9.17, 15) is 0 Å². The summed E-state index contributed by atoms with van der Waals surface area (Å²) in [6.45, 7) is 3.59. The molecule has 1 saturated heterocycles. The smallest absolute Gasteiger partial charge is 0.196 e. The topological polar surface area (TPSA) is 34.0 Å². The summed E-state index contributed by atoms with van der Waals surface area (Å²) in [6.07, 6.45) is 4.05. The zero-order chi connectivity index (χ0) is 17.6. The van der Waals surface area contributed by atoms with Gasteiger partial charge in [-0.3, -0.25) is 4.57 Å². The van der Waals surface area contributed by atoms with E-state index < -0.39 is 0 Å². The lowest BCUT2D eigenvalue weighted by molar-refractivity contribution is 0.242. The highest BCUT2D eigenvalue weighted by Crippen LogP contribution is 2.28. The lowest BCUT2D eigenvalue weighted by Crippen LogP contribution is -2.31. The van der Waals surface area contributed by atoms with E-state index in [1.807, 2.05) is 24.3 Å². The first-order valence-corrected chi connectivity index (χ1v) is 10.3. The minimum Gasteiger partial charge on any atom is -0.303 e. The van der Waals surface area contributed by atoms with Crippen molar-refractivity contribution < 1.29 is 0 Å². The third-order valence-corrected chi connectivity index (χ3v) is 5.68. The highest BCUT2D eigenvalue weighted by molar-refractivity contribution is 7.99. The van der Waals surface area contributed by atoms with Crippen LogP contribution in [0, 0.1) is 0 Å². The SMILES string of the molecule is c1ccc(-c2nnc(SCCN3CCCCC3)n2-c2ccccc2)cc1. The Kier molecular flexibility index (Phi) is 5.67. The van der Waals surface area contributed by atoms with E-state index in [0.717, 1.165) is 34.5 Å². The van der Waals surface area contributed by atoms with Gasteiger partial charge in [0.25, 0.3) is 0 Å². The van der Waals surface area contributed by atoms with Crippen molar-refractivity contribution in [2.24, 2.45) is 0 Å². The monoisotopic (exact) mass is 364 g/mol. The molecule has 0 spiro atoms. The number of likely N-dealkylation sites (tertiary alicyclic amines) is 1. The Hall–Kier alpha value is -2.11. The number of nitrogens with zero attached hydrogens (tertiary/aromatic N) is 4. The van der Waals surface area contributed by atoms with Gasteiger partial charge in [0, 0.05) is 23.5 Å². The number of para-hydroxylation sites is 1. The van der Waals surface area contributed by atoms with Gasteiger partial charge >= 0.3 is 0 Å². The van der Waals surface area contributed by atoms with E-state index in [0.29, 0.717) is 0 Å². The Labute approximate surface area is 159 Å². The molecule has 1 aliphatic rings. The maximum Gasteiger partial charge on any atom is 0.196 e. The minimum atomic E-state index is 0.900. The van der Waals surface area contributed by atoms with E-state index >= 15 is 0 Å². The first kappa shape index (κ1) is 17.3. The van der Waals surface area contributed by atoms with Crippen LogP contribution >= 0.6 is 11.8 Å². The number of benzene rings is 2. The Balaban J connectivity index is 1.57. The molecule has 0 atom stereocenters. The quantitative estimate of drug-likeness (QED) is 0.603. The Morgan fingerprint density at radius 3 is 2.23 bits per heavy atom. The maximum atomic E-state index is 4.51. The number of aromatic nitrogens is 3. The van der Waals surface area contributed by atoms with Crippen molar-refractivity contribution in [2.45, 2.75) is 24.4 Å². The number of rotatable bonds is 6. The molecule has 0 N–H and O–H groups in total. The highest BCUT2D eigenvalue weighted by atomic mass is 32.2. The maximum absolute atomic E-state index is 4.51. The Morgan fingerprint density at radius 2 is 1.50 bits per heavy atom. The third-order valence-electron chi connectivity index (χ3n) is 4.77. The van der Waals surface area contributed by atoms with Gasteiger partial charge in [0.2, 0.25) is 0 Å². The van der Waals surface area contributed by atoms with Gasteiger partial charge in [-0.05, 0) is 38.1 Å². The molecule has 3 aromatic rings. The van der Waals surface area contributed by atoms with Crippen LogP contribution in [0.5, 0.6) is 0 Å². The Bertz CT molecular complexity index is 811. The molecule has 4 nitrogen and oxygen atoms in total. The average Bonchev–Trinajstić information content (AvgIpc) is 3.14. The van der Waals surface area contributed by atoms with Crippen LogP contribution in [0.3, 0.4) is 0 Å². The van der Waals surface area contributed by atoms with Crippen molar-refractivity contribution in [3.8, 4) is 17.1 Å². The molecular formula is C21H24N4S. The van der Waals surface area contributed by atoms with Crippen molar-refractivity contribution in [3.63, 3.8) is 0 Å². The summed E-state index contributed by atoms with van der Waals surface area (Å²) in [4.78, 5) is 2.57. The largest absolute Gasteiger partial charge is 0.303 e. The minimum absolute atomic E-state index is 0.900. The van der Waals surface area contributed by atoms with Crippen molar-refractivity contribution >= 4 is 11.8 Å². The summed E-state index contributed by atoms with van der Waals surface area (Å²) in [5.74, 6) is 1.94. The second kappa shape index (κ2) is 8.52. The van der Waals surface area contributed by atoms with Crippen molar-refractivity contribution in [2.75, 3.05) is 25.4 Å². The zero-order valence-electron chi connectivity index (χ0n) is 14.9. The van der Waals surface area contributed by atoms with Gasteiger partial charge in [-0.15, -0.1) is 10.2 Å². The third kappa shape index (κ3) is 4.00. The summed E-state index contributed by atoms with van der Waals surface area (Å²) in [5.41, 5.74) is 2.20. The summed E-state index contributed by atoms with van der Waals surface area (Å²) in [5, 5.41) is 9.98. The van der Waals surface area contributed by atoms with Crippen LogP contribution < -0.4 is 0 Å². The number of piperidine rings is 1. The first-order chi connectivity index (χ1) is 12.9. The molecule has 2 aromatic carbocycles. The fourth-order valence-electron chi connectivity index (χ4n) is 3.40. The normalized spacial score (nSPS) is 15.2. The second-order valence-corrected chi connectivity index (χ2v) is 7.66. The molecule has 0 aliphatic carbocycles. The van der Waals surface area contributed by atoms with Crippen LogP contribution in [0.2, 0.25) is 0 Å². The Morgan fingerprint density at radius 1 is 0.808 bits per heavy atom. The molecule has 4 rings (SSSR count). The summed E-state index contributed by atoms with van der Waals surface area (Å²) in [7, 11) is 0. The first-order valence-electron chi connectivity index (χ1n) is 9.33. The van der Waals surface area contributed by atoms with Gasteiger partial charge in [0.05, 0.1) is 0 Å². The molecule has 0 bridgehead atoms. The molecule has 0 radical (unpaired) electrons. The lowest BCUT2D eigenvalue weighted by atomic mass is 10.1. The van der Waals surface area contributed by atoms with Gasteiger partial charge in [-0.2, -0.15) is 0 Å². The van der Waals surface area contributed by atoms with E-state index in [2.05, 4.69) is 56.1 Å². The predicted octanol–water partition coefficient (Wildman–Crippen LogP) is 4.51. The van der Waals surface area contributed by atoms with Crippen LogP contribution in [-0.4, -0.2) is 45.1 Å². The molecule has 5 heteroatoms. The lowest BCUT2D eigenvalue weighted by Gasteiger charge is -2.25. The summed E-state index contributed by atoms with van der Waals surface area (Å²) in [6, 6.07) is 20.7. The van der Waals surface area contributed by atoms with Gasteiger partial charge < -0.3 is 4.90 Å². The van der Waals surface area contributed by atoms with Crippen molar-refractivity contribution in [1.82, 2.24) is 19.7 Å². The van der Waals surface area contributed by atoms with Gasteiger partial charge in [-0.25, -0.2) is 0 Å². The molecule has 1 aromatic heterocycles. The number of hydrogen-bond acceptors (Lipinski definition) is 4. The standard InChI is InChI=1S/C21H24N4S/c1-4-10-18(11-5-1)20-22-23-21(25(20)19-12-6-2-7-13-19)26-17-16-24-14-8-3-9-15-24/h1-2,4-7,10-13H,3,8-9,14-17H2. The summed E-state index contributed by atoms with van der Waals surface area (Å²) < 4.78 is 2.18. The van der Waals surface area contributed by atoms with Crippen LogP contribution in [0.25, 0.3) is 17.1 Å². The molecule has 26 heavy (non-hydrogen) atoms. The molecule has 0 unspecified atom stereocenters. The molecule has 1 aliphatic heterocycles. The molecule has 0 saturated carbocycles. The van der Waals surface area contributed by atoms with Crippen LogP contribution in [0.1, 0.15) is 19.3 Å². The fraction of sp³-hybridized carbons (Fsp3) is 0.333. The zero-order valence-corrected chi connectivity index (χ0v) is 15.7. The second-order valence-electron chi connectivity index (χ2n) is 6.59. The number of hydrogen-bond donors (Lipinski definition) is 0. The van der Waals surface area contributed by atoms with Crippen molar-refractivity contribution in [1.29, 1.82) is 0 Å².